The molecule has 0 bridgehead atoms. The summed E-state index contributed by atoms with van der Waals surface area (Å²) in [6.45, 7) is 0. The van der Waals surface area contributed by atoms with Crippen molar-refractivity contribution in [2.45, 2.75) is 4.90 Å². The molecule has 0 unspecified atom stereocenters. The van der Waals surface area contributed by atoms with E-state index in [1.165, 1.54) is 34.9 Å². The summed E-state index contributed by atoms with van der Waals surface area (Å²) in [5.41, 5.74) is 6.86. The second-order valence-corrected chi connectivity index (χ2v) is 8.93. The minimum atomic E-state index is -4.34. The summed E-state index contributed by atoms with van der Waals surface area (Å²) in [6.07, 6.45) is 0. The van der Waals surface area contributed by atoms with Gasteiger partial charge in [-0.05, 0) is 35.4 Å². The number of nitrogens with zero attached hydrogens (tertiary/aromatic N) is 1. The second-order valence-electron chi connectivity index (χ2n) is 7.51. The molecule has 1 aliphatic rings. The molecule has 4 aromatic rings. The molecule has 32 heavy (non-hydrogen) atoms. The van der Waals surface area contributed by atoms with Crippen LogP contribution in [0, 0.1) is 0 Å². The van der Waals surface area contributed by atoms with E-state index in [-0.39, 0.29) is 22.0 Å². The molecule has 0 saturated carbocycles. The first-order chi connectivity index (χ1) is 15.2. The number of aryl methyl sites for hydroxylation is 1. The van der Waals surface area contributed by atoms with E-state index in [0.717, 1.165) is 0 Å². The largest absolute Gasteiger partial charge is 0.455 e. The van der Waals surface area contributed by atoms with E-state index >= 15 is 0 Å². The van der Waals surface area contributed by atoms with Gasteiger partial charge in [-0.15, -0.1) is 0 Å². The second kappa shape index (κ2) is 6.86. The summed E-state index contributed by atoms with van der Waals surface area (Å²) < 4.78 is 39.1. The van der Waals surface area contributed by atoms with Crippen LogP contribution in [0.2, 0.25) is 0 Å². The van der Waals surface area contributed by atoms with E-state index in [9.17, 15) is 18.0 Å². The third-order valence-corrected chi connectivity index (χ3v) is 6.46. The summed E-state index contributed by atoms with van der Waals surface area (Å²) in [6, 6.07) is 15.4. The number of pyridine rings is 1. The molecular formula is C23H17N2O6S+. The molecule has 1 aromatic heterocycles. The number of carbonyl (C=O) groups excluding carboxylic acids is 1. The molecule has 0 aliphatic heterocycles. The number of hydrogen-bond acceptors (Lipinski definition) is 5. The van der Waals surface area contributed by atoms with Crippen molar-refractivity contribution < 1.29 is 28.2 Å². The predicted octanol–water partition coefficient (Wildman–Crippen LogP) is 2.66. The van der Waals surface area contributed by atoms with Gasteiger partial charge in [0.05, 0.1) is 16.0 Å². The summed E-state index contributed by atoms with van der Waals surface area (Å²) in [7, 11) is -2.75. The molecule has 8 nitrogen and oxygen atoms in total. The molecule has 3 aromatic carbocycles. The van der Waals surface area contributed by atoms with Crippen molar-refractivity contribution in [3.63, 3.8) is 0 Å². The first kappa shape index (κ1) is 20.1. The van der Waals surface area contributed by atoms with E-state index in [1.54, 1.807) is 31.3 Å². The van der Waals surface area contributed by atoms with E-state index < -0.39 is 10.1 Å². The molecule has 0 saturated heterocycles. The van der Waals surface area contributed by atoms with E-state index in [2.05, 4.69) is 5.73 Å². The van der Waals surface area contributed by atoms with Crippen LogP contribution in [0.3, 0.4) is 0 Å². The molecule has 5 rings (SSSR count). The molecule has 1 aliphatic carbocycles. The average Bonchev–Trinajstić information content (AvgIpc) is 2.75. The van der Waals surface area contributed by atoms with Crippen LogP contribution in [-0.4, -0.2) is 23.3 Å². The van der Waals surface area contributed by atoms with Gasteiger partial charge in [0.2, 0.25) is 0 Å². The summed E-state index contributed by atoms with van der Waals surface area (Å²) in [5.74, 6) is 0.403. The lowest BCUT2D eigenvalue weighted by molar-refractivity contribution is -0.255. The highest BCUT2D eigenvalue weighted by atomic mass is 32.2. The number of hydrogen-bond donors (Lipinski definition) is 2. The maximum atomic E-state index is 13.3. The van der Waals surface area contributed by atoms with Gasteiger partial charge in [-0.1, -0.05) is 24.3 Å². The fraction of sp³-hybridized carbons (Fsp3) is 0.0435. The SMILES string of the molecule is Cn1c(=O)cc2c3c(c([NH3+])cc(Oc4ccc(S(=O)(=O)O)cc4)c31)C(=O)c1ccccc1-2. The quantitative estimate of drug-likeness (QED) is 0.407. The Morgan fingerprint density at radius 1 is 0.938 bits per heavy atom. The number of fused-ring (bicyclic) bond motifs is 2. The van der Waals surface area contributed by atoms with Crippen LogP contribution in [-0.2, 0) is 17.2 Å². The first-order valence-electron chi connectivity index (χ1n) is 9.59. The lowest BCUT2D eigenvalue weighted by Crippen LogP contribution is -2.42. The van der Waals surface area contributed by atoms with Crippen molar-refractivity contribution in [2.24, 2.45) is 7.05 Å². The number of rotatable bonds is 3. The van der Waals surface area contributed by atoms with Crippen molar-refractivity contribution in [3.8, 4) is 22.6 Å². The van der Waals surface area contributed by atoms with Gasteiger partial charge in [-0.25, -0.2) is 0 Å². The molecule has 0 amide bonds. The Balaban J connectivity index is 1.78. The Kier molecular flexibility index (Phi) is 4.31. The van der Waals surface area contributed by atoms with Crippen molar-refractivity contribution in [1.29, 1.82) is 0 Å². The third kappa shape index (κ3) is 2.94. The maximum Gasteiger partial charge on any atom is 0.294 e. The third-order valence-electron chi connectivity index (χ3n) is 5.59. The fourth-order valence-electron chi connectivity index (χ4n) is 4.11. The number of ketones is 1. The monoisotopic (exact) mass is 449 g/mol. The van der Waals surface area contributed by atoms with Gasteiger partial charge in [0, 0.05) is 30.1 Å². The Labute approximate surface area is 182 Å². The highest BCUT2D eigenvalue weighted by Crippen LogP contribution is 2.44. The van der Waals surface area contributed by atoms with Gasteiger partial charge >= 0.3 is 0 Å². The van der Waals surface area contributed by atoms with Crippen LogP contribution in [0.1, 0.15) is 15.9 Å². The molecule has 0 atom stereocenters. The molecule has 4 N–H and O–H groups in total. The zero-order valence-corrected chi connectivity index (χ0v) is 17.6. The van der Waals surface area contributed by atoms with Crippen molar-refractivity contribution >= 4 is 32.5 Å². The van der Waals surface area contributed by atoms with Crippen molar-refractivity contribution in [2.75, 3.05) is 0 Å². The van der Waals surface area contributed by atoms with Gasteiger partial charge in [0.25, 0.3) is 15.7 Å². The standard InChI is InChI=1S/C23H16N2O6S/c1-25-19(26)10-16-14-4-2-3-5-15(14)23(27)21-17(24)11-18(22(25)20(16)21)31-12-6-8-13(9-7-12)32(28,29)30/h2-11H,24H2,1H3,(H,28,29,30)/p+1. The molecule has 0 fully saturated rings. The number of carbonyl (C=O) groups is 1. The molecule has 1 heterocycles. The van der Waals surface area contributed by atoms with Crippen LogP contribution < -0.4 is 16.0 Å². The summed E-state index contributed by atoms with van der Waals surface area (Å²) >= 11 is 0. The summed E-state index contributed by atoms with van der Waals surface area (Å²) in [4.78, 5) is 25.8. The Hall–Kier alpha value is -3.79. The Morgan fingerprint density at radius 3 is 2.25 bits per heavy atom. The normalized spacial score (nSPS) is 12.7. The van der Waals surface area contributed by atoms with Crippen molar-refractivity contribution in [1.82, 2.24) is 4.57 Å². The minimum absolute atomic E-state index is 0.175. The maximum absolute atomic E-state index is 13.3. The molecular weight excluding hydrogens is 432 g/mol. The van der Waals surface area contributed by atoms with Gasteiger partial charge in [-0.3, -0.25) is 14.1 Å². The first-order valence-corrected chi connectivity index (χ1v) is 11.0. The van der Waals surface area contributed by atoms with Gasteiger partial charge < -0.3 is 15.0 Å². The number of ether oxygens (including phenoxy) is 1. The van der Waals surface area contributed by atoms with E-state index in [0.29, 0.717) is 44.6 Å². The average molecular weight is 449 g/mol. The molecule has 0 spiro atoms. The smallest absolute Gasteiger partial charge is 0.294 e. The fourth-order valence-corrected chi connectivity index (χ4v) is 4.59. The van der Waals surface area contributed by atoms with Gasteiger partial charge in [-0.2, -0.15) is 8.42 Å². The van der Waals surface area contributed by atoms with E-state index in [1.807, 2.05) is 6.07 Å². The highest BCUT2D eigenvalue weighted by Gasteiger charge is 2.31. The predicted molar refractivity (Wildman–Crippen MR) is 117 cm³/mol. The Morgan fingerprint density at radius 2 is 1.59 bits per heavy atom. The van der Waals surface area contributed by atoms with Crippen LogP contribution in [0.25, 0.3) is 22.0 Å². The molecule has 160 valence electrons. The lowest BCUT2D eigenvalue weighted by Gasteiger charge is -2.22. The summed E-state index contributed by atoms with van der Waals surface area (Å²) in [5, 5.41) is 0.577. The van der Waals surface area contributed by atoms with Crippen LogP contribution in [0.5, 0.6) is 11.5 Å². The number of quaternary nitrogens is 1. The highest BCUT2D eigenvalue weighted by molar-refractivity contribution is 7.85. The number of benzene rings is 3. The Bertz CT molecular complexity index is 1620. The van der Waals surface area contributed by atoms with Crippen molar-refractivity contribution in [3.05, 3.63) is 82.1 Å². The van der Waals surface area contributed by atoms with Crippen LogP contribution in [0.4, 0.5) is 5.69 Å². The van der Waals surface area contributed by atoms with Gasteiger partial charge in [0.15, 0.2) is 11.5 Å². The zero-order chi connectivity index (χ0) is 22.8. The molecule has 0 radical (unpaired) electrons. The van der Waals surface area contributed by atoms with E-state index in [4.69, 9.17) is 9.29 Å². The number of aromatic nitrogens is 1. The zero-order valence-electron chi connectivity index (χ0n) is 16.8. The minimum Gasteiger partial charge on any atom is -0.455 e. The lowest BCUT2D eigenvalue weighted by atomic mass is 9.83. The molecule has 9 heteroatoms. The van der Waals surface area contributed by atoms with Gasteiger partial charge in [0.1, 0.15) is 11.4 Å². The van der Waals surface area contributed by atoms with Crippen LogP contribution >= 0.6 is 0 Å². The topological polar surface area (TPSA) is 130 Å². The van der Waals surface area contributed by atoms with Crippen LogP contribution in [0.15, 0.2) is 70.4 Å².